The predicted molar refractivity (Wildman–Crippen MR) is 91.5 cm³/mol. The molecule has 3 aromatic rings. The van der Waals surface area contributed by atoms with Crippen LogP contribution in [0.5, 0.6) is 0 Å². The smallest absolute Gasteiger partial charge is 0.270 e. The van der Waals surface area contributed by atoms with E-state index in [4.69, 9.17) is 0 Å². The molecule has 2 heterocycles. The monoisotopic (exact) mass is 308 g/mol. The Labute approximate surface area is 134 Å². The summed E-state index contributed by atoms with van der Waals surface area (Å²) in [4.78, 5) is 17.9. The topological polar surface area (TPSA) is 56.3 Å². The summed E-state index contributed by atoms with van der Waals surface area (Å²) < 4.78 is 0. The van der Waals surface area contributed by atoms with Crippen LogP contribution in [0.1, 0.15) is 23.3 Å². The molecule has 1 aliphatic heterocycles. The zero-order valence-electron chi connectivity index (χ0n) is 13.0. The number of carbonyl (C=O) groups excluding carboxylic acids is 1. The SMILES string of the molecule is O=C(c1cc2c(ccc3ccccc32)[nH]1)N1CCCC(CO)C1. The summed E-state index contributed by atoms with van der Waals surface area (Å²) in [5.74, 6) is 0.237. The normalized spacial score (nSPS) is 18.7. The van der Waals surface area contributed by atoms with Crippen LogP contribution >= 0.6 is 0 Å². The largest absolute Gasteiger partial charge is 0.396 e. The molecule has 2 aromatic carbocycles. The first-order valence-corrected chi connectivity index (χ1v) is 8.17. The van der Waals surface area contributed by atoms with Gasteiger partial charge in [-0.25, -0.2) is 0 Å². The zero-order valence-corrected chi connectivity index (χ0v) is 13.0. The van der Waals surface area contributed by atoms with Crippen molar-refractivity contribution < 1.29 is 9.90 Å². The summed E-state index contributed by atoms with van der Waals surface area (Å²) in [6.45, 7) is 1.57. The lowest BCUT2D eigenvalue weighted by Gasteiger charge is -2.31. The van der Waals surface area contributed by atoms with E-state index >= 15 is 0 Å². The van der Waals surface area contributed by atoms with E-state index in [-0.39, 0.29) is 18.4 Å². The number of aromatic nitrogens is 1. The Morgan fingerprint density at radius 1 is 1.22 bits per heavy atom. The molecule has 0 bridgehead atoms. The Kier molecular flexibility index (Phi) is 3.54. The van der Waals surface area contributed by atoms with Gasteiger partial charge in [-0.1, -0.05) is 30.3 Å². The maximum atomic E-state index is 12.8. The van der Waals surface area contributed by atoms with Gasteiger partial charge in [0.05, 0.1) is 0 Å². The molecule has 4 heteroatoms. The zero-order chi connectivity index (χ0) is 15.8. The van der Waals surface area contributed by atoms with Crippen LogP contribution in [0.4, 0.5) is 0 Å². The number of aliphatic hydroxyl groups is 1. The molecule has 1 amide bonds. The summed E-state index contributed by atoms with van der Waals surface area (Å²) >= 11 is 0. The van der Waals surface area contributed by atoms with Crippen LogP contribution in [-0.2, 0) is 0 Å². The van der Waals surface area contributed by atoms with Crippen molar-refractivity contribution in [2.24, 2.45) is 5.92 Å². The molecule has 2 N–H and O–H groups in total. The lowest BCUT2D eigenvalue weighted by Crippen LogP contribution is -2.41. The minimum absolute atomic E-state index is 0.0310. The van der Waals surface area contributed by atoms with Gasteiger partial charge in [-0.05, 0) is 41.7 Å². The van der Waals surface area contributed by atoms with Gasteiger partial charge in [-0.2, -0.15) is 0 Å². The fourth-order valence-electron chi connectivity index (χ4n) is 3.57. The number of hydrogen-bond acceptors (Lipinski definition) is 2. The lowest BCUT2D eigenvalue weighted by atomic mass is 9.99. The average molecular weight is 308 g/mol. The first-order chi connectivity index (χ1) is 11.3. The Bertz CT molecular complexity index is 868. The molecule has 23 heavy (non-hydrogen) atoms. The Morgan fingerprint density at radius 2 is 2.09 bits per heavy atom. The number of H-pyrrole nitrogens is 1. The van der Waals surface area contributed by atoms with Crippen LogP contribution in [0.3, 0.4) is 0 Å². The van der Waals surface area contributed by atoms with Gasteiger partial charge in [-0.15, -0.1) is 0 Å². The number of carbonyl (C=O) groups is 1. The summed E-state index contributed by atoms with van der Waals surface area (Å²) in [5, 5.41) is 12.8. The third-order valence-electron chi connectivity index (χ3n) is 4.82. The van der Waals surface area contributed by atoms with Crippen molar-refractivity contribution in [3.63, 3.8) is 0 Å². The van der Waals surface area contributed by atoms with Crippen molar-refractivity contribution >= 4 is 27.6 Å². The molecule has 1 aromatic heterocycles. The minimum atomic E-state index is 0.0310. The standard InChI is InChI=1S/C19H20N2O2/c22-12-13-4-3-9-21(11-13)19(23)18-10-16-15-6-2-1-5-14(15)7-8-17(16)20-18/h1-2,5-8,10,13,20,22H,3-4,9,11-12H2. The van der Waals surface area contributed by atoms with Gasteiger partial charge in [0.2, 0.25) is 0 Å². The number of aromatic amines is 1. The van der Waals surface area contributed by atoms with E-state index in [0.717, 1.165) is 35.7 Å². The second-order valence-corrected chi connectivity index (χ2v) is 6.37. The molecule has 4 nitrogen and oxygen atoms in total. The number of amides is 1. The van der Waals surface area contributed by atoms with Crippen molar-refractivity contribution in [1.82, 2.24) is 9.88 Å². The molecule has 1 aliphatic rings. The van der Waals surface area contributed by atoms with Crippen molar-refractivity contribution in [2.45, 2.75) is 12.8 Å². The molecule has 0 spiro atoms. The number of piperidine rings is 1. The van der Waals surface area contributed by atoms with Crippen molar-refractivity contribution in [1.29, 1.82) is 0 Å². The van der Waals surface area contributed by atoms with Crippen LogP contribution in [0, 0.1) is 5.92 Å². The summed E-state index contributed by atoms with van der Waals surface area (Å²) in [5.41, 5.74) is 1.62. The highest BCUT2D eigenvalue weighted by molar-refractivity contribution is 6.09. The molecule has 4 rings (SSSR count). The molecule has 0 saturated carbocycles. The molecule has 0 radical (unpaired) electrons. The van der Waals surface area contributed by atoms with E-state index in [1.54, 1.807) is 0 Å². The van der Waals surface area contributed by atoms with Gasteiger partial charge >= 0.3 is 0 Å². The first kappa shape index (κ1) is 14.3. The quantitative estimate of drug-likeness (QED) is 0.764. The molecule has 118 valence electrons. The number of likely N-dealkylation sites (tertiary alicyclic amines) is 1. The van der Waals surface area contributed by atoms with Gasteiger partial charge in [-0.3, -0.25) is 4.79 Å². The third kappa shape index (κ3) is 2.49. The highest BCUT2D eigenvalue weighted by Crippen LogP contribution is 2.27. The highest BCUT2D eigenvalue weighted by atomic mass is 16.3. The maximum absolute atomic E-state index is 12.8. The number of aliphatic hydroxyl groups excluding tert-OH is 1. The molecule has 0 aliphatic carbocycles. The Hall–Kier alpha value is -2.33. The molecular weight excluding hydrogens is 288 g/mol. The Balaban J connectivity index is 1.71. The number of nitrogens with zero attached hydrogens (tertiary/aromatic N) is 1. The fourth-order valence-corrected chi connectivity index (χ4v) is 3.57. The van der Waals surface area contributed by atoms with E-state index in [9.17, 15) is 9.90 Å². The van der Waals surface area contributed by atoms with Crippen LogP contribution < -0.4 is 0 Å². The molecule has 1 atom stereocenters. The van der Waals surface area contributed by atoms with Crippen molar-refractivity contribution in [2.75, 3.05) is 19.7 Å². The van der Waals surface area contributed by atoms with Crippen LogP contribution in [-0.4, -0.2) is 40.6 Å². The first-order valence-electron chi connectivity index (χ1n) is 8.17. The van der Waals surface area contributed by atoms with Gasteiger partial charge in [0.15, 0.2) is 0 Å². The number of nitrogens with one attached hydrogen (secondary N) is 1. The average Bonchev–Trinajstić information content (AvgIpc) is 3.06. The summed E-state index contributed by atoms with van der Waals surface area (Å²) in [7, 11) is 0. The predicted octanol–water partition coefficient (Wildman–Crippen LogP) is 3.17. The Morgan fingerprint density at radius 3 is 2.96 bits per heavy atom. The van der Waals surface area contributed by atoms with Gasteiger partial charge in [0, 0.05) is 30.6 Å². The summed E-state index contributed by atoms with van der Waals surface area (Å²) in [6.07, 6.45) is 1.96. The third-order valence-corrected chi connectivity index (χ3v) is 4.82. The number of fused-ring (bicyclic) bond motifs is 3. The summed E-state index contributed by atoms with van der Waals surface area (Å²) in [6, 6.07) is 14.3. The maximum Gasteiger partial charge on any atom is 0.270 e. The van der Waals surface area contributed by atoms with E-state index in [2.05, 4.69) is 23.2 Å². The van der Waals surface area contributed by atoms with Crippen LogP contribution in [0.2, 0.25) is 0 Å². The minimum Gasteiger partial charge on any atom is -0.396 e. The molecule has 1 saturated heterocycles. The lowest BCUT2D eigenvalue weighted by molar-refractivity contribution is 0.0616. The number of benzene rings is 2. The van der Waals surface area contributed by atoms with Crippen molar-refractivity contribution in [3.8, 4) is 0 Å². The molecule has 1 unspecified atom stereocenters. The molecule has 1 fully saturated rings. The molecular formula is C19H20N2O2. The number of hydrogen-bond donors (Lipinski definition) is 2. The van der Waals surface area contributed by atoms with E-state index in [1.165, 1.54) is 5.39 Å². The van der Waals surface area contributed by atoms with Gasteiger partial charge in [0.25, 0.3) is 5.91 Å². The van der Waals surface area contributed by atoms with Gasteiger partial charge < -0.3 is 15.0 Å². The van der Waals surface area contributed by atoms with E-state index in [0.29, 0.717) is 12.2 Å². The van der Waals surface area contributed by atoms with Crippen LogP contribution in [0.15, 0.2) is 42.5 Å². The van der Waals surface area contributed by atoms with Gasteiger partial charge in [0.1, 0.15) is 5.69 Å². The van der Waals surface area contributed by atoms with Crippen LogP contribution in [0.25, 0.3) is 21.7 Å². The second-order valence-electron chi connectivity index (χ2n) is 6.37. The fraction of sp³-hybridized carbons (Fsp3) is 0.316. The van der Waals surface area contributed by atoms with E-state index in [1.807, 2.05) is 29.2 Å². The second kappa shape index (κ2) is 5.70. The van der Waals surface area contributed by atoms with Crippen molar-refractivity contribution in [3.05, 3.63) is 48.2 Å². The number of rotatable bonds is 2. The highest BCUT2D eigenvalue weighted by Gasteiger charge is 2.25. The van der Waals surface area contributed by atoms with E-state index < -0.39 is 0 Å².